The summed E-state index contributed by atoms with van der Waals surface area (Å²) in [5.41, 5.74) is 4.17. The number of para-hydroxylation sites is 1. The Labute approximate surface area is 140 Å². The summed E-state index contributed by atoms with van der Waals surface area (Å²) in [6, 6.07) is 15.8. The van der Waals surface area contributed by atoms with E-state index in [9.17, 15) is 4.79 Å². The van der Waals surface area contributed by atoms with Crippen LogP contribution >= 0.6 is 11.8 Å². The lowest BCUT2D eigenvalue weighted by molar-refractivity contribution is 0.102. The Morgan fingerprint density at radius 1 is 1.09 bits per heavy atom. The molecule has 0 N–H and O–H groups in total. The molecule has 0 aliphatic rings. The van der Waals surface area contributed by atoms with E-state index in [4.69, 9.17) is 0 Å². The lowest BCUT2D eigenvalue weighted by atomic mass is 10.1. The number of carbonyl (C=O) groups excluding carboxylic acids is 1. The van der Waals surface area contributed by atoms with Crippen LogP contribution in [0, 0.1) is 13.8 Å². The molecule has 2 aromatic carbocycles. The number of nitrogens with zero attached hydrogens (tertiary/aromatic N) is 2. The Balaban J connectivity index is 1.75. The van der Waals surface area contributed by atoms with Crippen LogP contribution in [0.5, 0.6) is 0 Å². The molecule has 23 heavy (non-hydrogen) atoms. The smallest absolute Gasteiger partial charge is 0.173 e. The van der Waals surface area contributed by atoms with Gasteiger partial charge < -0.3 is 0 Å². The number of aromatic nitrogens is 2. The van der Waals surface area contributed by atoms with Crippen LogP contribution in [0.1, 0.15) is 21.5 Å². The summed E-state index contributed by atoms with van der Waals surface area (Å²) < 4.78 is 2.03. The number of imidazole rings is 1. The number of benzene rings is 2. The van der Waals surface area contributed by atoms with Crippen molar-refractivity contribution in [3.8, 4) is 5.69 Å². The SMILES string of the molecule is Cc1ccc(C(=O)CSc2nccn2-c2ccccc2C)cc1. The lowest BCUT2D eigenvalue weighted by Gasteiger charge is -2.10. The second-order valence-electron chi connectivity index (χ2n) is 5.44. The van der Waals surface area contributed by atoms with E-state index < -0.39 is 0 Å². The average Bonchev–Trinajstić information content (AvgIpc) is 3.02. The zero-order valence-corrected chi connectivity index (χ0v) is 14.0. The van der Waals surface area contributed by atoms with Gasteiger partial charge in [0, 0.05) is 18.0 Å². The van der Waals surface area contributed by atoms with E-state index in [1.54, 1.807) is 6.20 Å². The van der Waals surface area contributed by atoms with Crippen molar-refractivity contribution in [1.82, 2.24) is 9.55 Å². The van der Waals surface area contributed by atoms with Gasteiger partial charge in [-0.3, -0.25) is 9.36 Å². The Morgan fingerprint density at radius 3 is 2.57 bits per heavy atom. The van der Waals surface area contributed by atoms with Crippen LogP contribution in [-0.2, 0) is 0 Å². The highest BCUT2D eigenvalue weighted by molar-refractivity contribution is 7.99. The van der Waals surface area contributed by atoms with Gasteiger partial charge in [-0.25, -0.2) is 4.98 Å². The largest absolute Gasteiger partial charge is 0.295 e. The molecular weight excluding hydrogens is 304 g/mol. The minimum absolute atomic E-state index is 0.120. The van der Waals surface area contributed by atoms with Gasteiger partial charge in [0.25, 0.3) is 0 Å². The molecule has 0 bridgehead atoms. The second kappa shape index (κ2) is 6.84. The molecular formula is C19H18N2OS. The molecule has 0 fully saturated rings. The molecule has 0 aliphatic heterocycles. The van der Waals surface area contributed by atoms with Crippen molar-refractivity contribution in [2.45, 2.75) is 19.0 Å². The minimum Gasteiger partial charge on any atom is -0.295 e. The molecule has 0 radical (unpaired) electrons. The van der Waals surface area contributed by atoms with Gasteiger partial charge in [-0.15, -0.1) is 0 Å². The molecule has 3 aromatic rings. The van der Waals surface area contributed by atoms with Crippen LogP contribution in [-0.4, -0.2) is 21.1 Å². The standard InChI is InChI=1S/C19H18N2OS/c1-14-7-9-16(10-8-14)18(22)13-23-19-20-11-12-21(19)17-6-4-3-5-15(17)2/h3-12H,13H2,1-2H3. The monoisotopic (exact) mass is 322 g/mol. The summed E-state index contributed by atoms with van der Waals surface area (Å²) in [4.78, 5) is 16.7. The fourth-order valence-electron chi connectivity index (χ4n) is 2.37. The van der Waals surface area contributed by atoms with Crippen LogP contribution in [0.4, 0.5) is 0 Å². The van der Waals surface area contributed by atoms with Crippen molar-refractivity contribution in [3.05, 3.63) is 77.6 Å². The van der Waals surface area contributed by atoms with Crippen LogP contribution < -0.4 is 0 Å². The van der Waals surface area contributed by atoms with Gasteiger partial charge in [0.2, 0.25) is 0 Å². The van der Waals surface area contributed by atoms with Crippen LogP contribution in [0.2, 0.25) is 0 Å². The average molecular weight is 322 g/mol. The highest BCUT2D eigenvalue weighted by atomic mass is 32.2. The Hall–Kier alpha value is -2.33. The number of Topliss-reactive ketones (excluding diaryl/α,β-unsaturated/α-hetero) is 1. The zero-order valence-electron chi connectivity index (χ0n) is 13.2. The third-order valence-corrected chi connectivity index (χ3v) is 4.65. The number of ketones is 1. The molecule has 0 spiro atoms. The first-order valence-corrected chi connectivity index (χ1v) is 8.46. The third kappa shape index (κ3) is 3.54. The highest BCUT2D eigenvalue weighted by Gasteiger charge is 2.11. The molecule has 4 heteroatoms. The predicted molar refractivity (Wildman–Crippen MR) is 94.5 cm³/mol. The molecule has 116 valence electrons. The molecule has 0 atom stereocenters. The fraction of sp³-hybridized carbons (Fsp3) is 0.158. The van der Waals surface area contributed by atoms with Crippen molar-refractivity contribution in [1.29, 1.82) is 0 Å². The summed E-state index contributed by atoms with van der Waals surface area (Å²) in [6.45, 7) is 4.09. The van der Waals surface area contributed by atoms with Gasteiger partial charge in [0.15, 0.2) is 10.9 Å². The minimum atomic E-state index is 0.120. The number of hydrogen-bond donors (Lipinski definition) is 0. The van der Waals surface area contributed by atoms with E-state index in [0.29, 0.717) is 5.75 Å². The fourth-order valence-corrected chi connectivity index (χ4v) is 3.23. The van der Waals surface area contributed by atoms with Gasteiger partial charge >= 0.3 is 0 Å². The molecule has 0 saturated carbocycles. The molecule has 0 saturated heterocycles. The lowest BCUT2D eigenvalue weighted by Crippen LogP contribution is -2.04. The van der Waals surface area contributed by atoms with Crippen molar-refractivity contribution >= 4 is 17.5 Å². The molecule has 0 aliphatic carbocycles. The maximum atomic E-state index is 12.3. The maximum absolute atomic E-state index is 12.3. The molecule has 1 heterocycles. The summed E-state index contributed by atoms with van der Waals surface area (Å²) in [5, 5.41) is 0.833. The van der Waals surface area contributed by atoms with Gasteiger partial charge in [0.05, 0.1) is 11.4 Å². The van der Waals surface area contributed by atoms with Gasteiger partial charge in [-0.1, -0.05) is 59.8 Å². The van der Waals surface area contributed by atoms with E-state index in [1.165, 1.54) is 17.3 Å². The van der Waals surface area contributed by atoms with Crippen LogP contribution in [0.25, 0.3) is 5.69 Å². The van der Waals surface area contributed by atoms with E-state index in [1.807, 2.05) is 54.1 Å². The van der Waals surface area contributed by atoms with Gasteiger partial charge in [-0.2, -0.15) is 0 Å². The van der Waals surface area contributed by atoms with Crippen molar-refractivity contribution in [2.24, 2.45) is 0 Å². The normalized spacial score (nSPS) is 10.7. The zero-order chi connectivity index (χ0) is 16.2. The van der Waals surface area contributed by atoms with Gasteiger partial charge in [0.1, 0.15) is 0 Å². The Bertz CT molecular complexity index is 821. The second-order valence-corrected chi connectivity index (χ2v) is 6.39. The summed E-state index contributed by atoms with van der Waals surface area (Å²) >= 11 is 1.47. The van der Waals surface area contributed by atoms with E-state index in [2.05, 4.69) is 24.0 Å². The van der Waals surface area contributed by atoms with Crippen molar-refractivity contribution in [3.63, 3.8) is 0 Å². The number of rotatable bonds is 5. The Morgan fingerprint density at radius 2 is 1.83 bits per heavy atom. The van der Waals surface area contributed by atoms with Crippen LogP contribution in [0.15, 0.2) is 66.1 Å². The predicted octanol–water partition coefficient (Wildman–Crippen LogP) is 4.46. The maximum Gasteiger partial charge on any atom is 0.173 e. The number of thioether (sulfide) groups is 1. The first-order valence-electron chi connectivity index (χ1n) is 7.47. The topological polar surface area (TPSA) is 34.9 Å². The van der Waals surface area contributed by atoms with Crippen molar-refractivity contribution in [2.75, 3.05) is 5.75 Å². The molecule has 0 unspecified atom stereocenters. The molecule has 3 rings (SSSR count). The molecule has 1 aromatic heterocycles. The third-order valence-electron chi connectivity index (χ3n) is 3.69. The first-order chi connectivity index (χ1) is 11.1. The van der Waals surface area contributed by atoms with Crippen LogP contribution in [0.3, 0.4) is 0 Å². The highest BCUT2D eigenvalue weighted by Crippen LogP contribution is 2.23. The molecule has 0 amide bonds. The number of aryl methyl sites for hydroxylation is 2. The van der Waals surface area contributed by atoms with E-state index in [0.717, 1.165) is 22.0 Å². The van der Waals surface area contributed by atoms with Crippen molar-refractivity contribution < 1.29 is 4.79 Å². The van der Waals surface area contributed by atoms with E-state index in [-0.39, 0.29) is 5.78 Å². The number of carbonyl (C=O) groups is 1. The van der Waals surface area contributed by atoms with Gasteiger partial charge in [-0.05, 0) is 25.5 Å². The Kier molecular flexibility index (Phi) is 4.63. The quantitative estimate of drug-likeness (QED) is 0.514. The summed E-state index contributed by atoms with van der Waals surface area (Å²) in [5.74, 6) is 0.501. The molecule has 3 nitrogen and oxygen atoms in total. The number of hydrogen-bond acceptors (Lipinski definition) is 3. The van der Waals surface area contributed by atoms with E-state index >= 15 is 0 Å². The summed E-state index contributed by atoms with van der Waals surface area (Å²) in [7, 11) is 0. The first kappa shape index (κ1) is 15.6. The summed E-state index contributed by atoms with van der Waals surface area (Å²) in [6.07, 6.45) is 3.70.